The van der Waals surface area contributed by atoms with Gasteiger partial charge in [-0.3, -0.25) is 9.59 Å². The Morgan fingerprint density at radius 2 is 1.95 bits per heavy atom. The van der Waals surface area contributed by atoms with E-state index in [0.29, 0.717) is 12.8 Å². The second kappa shape index (κ2) is 6.57. The maximum atomic E-state index is 12.3. The number of carboxylic acids is 1. The topological polar surface area (TPSA) is 78.4 Å². The van der Waals surface area contributed by atoms with Gasteiger partial charge in [-0.1, -0.05) is 27.7 Å². The molecule has 116 valence electrons. The van der Waals surface area contributed by atoms with Gasteiger partial charge in [-0.15, -0.1) is 0 Å². The van der Waals surface area contributed by atoms with Crippen LogP contribution in [-0.4, -0.2) is 36.1 Å². The molecular formula is C15H28N2O3. The van der Waals surface area contributed by atoms with Gasteiger partial charge in [-0.25, -0.2) is 0 Å². The van der Waals surface area contributed by atoms with Crippen molar-refractivity contribution in [3.8, 4) is 0 Å². The van der Waals surface area contributed by atoms with Crippen molar-refractivity contribution in [3.63, 3.8) is 0 Å². The minimum atomic E-state index is -0.853. The lowest BCUT2D eigenvalue weighted by Gasteiger charge is -2.39. The van der Waals surface area contributed by atoms with Crippen LogP contribution in [0.25, 0.3) is 0 Å². The maximum absolute atomic E-state index is 12.3. The Balaban J connectivity index is 2.68. The molecule has 0 aromatic carbocycles. The summed E-state index contributed by atoms with van der Waals surface area (Å²) in [5.74, 6) is -0.916. The highest BCUT2D eigenvalue weighted by Crippen LogP contribution is 2.31. The van der Waals surface area contributed by atoms with Crippen molar-refractivity contribution < 1.29 is 14.7 Å². The second-order valence-corrected chi connectivity index (χ2v) is 6.49. The van der Waals surface area contributed by atoms with Gasteiger partial charge in [-0.05, 0) is 37.6 Å². The molecular weight excluding hydrogens is 256 g/mol. The van der Waals surface area contributed by atoms with E-state index in [-0.39, 0.29) is 23.9 Å². The zero-order valence-electron chi connectivity index (χ0n) is 13.1. The standard InChI is InChI=1S/C15H28N2O3/c1-5-15(6-2,13(19)20)10-17-12(18)11-14(3,4)8-7-9-16-11/h11,16H,5-10H2,1-4H3,(H,17,18)(H,19,20). The van der Waals surface area contributed by atoms with Crippen LogP contribution in [0.15, 0.2) is 0 Å². The normalized spacial score (nSPS) is 22.3. The first-order chi connectivity index (χ1) is 9.29. The number of carbonyl (C=O) groups is 2. The summed E-state index contributed by atoms with van der Waals surface area (Å²) in [7, 11) is 0. The molecule has 1 saturated heterocycles. The Kier molecular flexibility index (Phi) is 5.57. The largest absolute Gasteiger partial charge is 0.481 e. The molecule has 0 bridgehead atoms. The quantitative estimate of drug-likeness (QED) is 0.694. The number of carbonyl (C=O) groups excluding carboxylic acids is 1. The van der Waals surface area contributed by atoms with Gasteiger partial charge in [-0.2, -0.15) is 0 Å². The molecule has 1 amide bonds. The summed E-state index contributed by atoms with van der Waals surface area (Å²) in [5, 5.41) is 15.5. The third kappa shape index (κ3) is 3.51. The van der Waals surface area contributed by atoms with Crippen LogP contribution in [0.1, 0.15) is 53.4 Å². The molecule has 5 heteroatoms. The Morgan fingerprint density at radius 1 is 1.35 bits per heavy atom. The van der Waals surface area contributed by atoms with Gasteiger partial charge in [0.1, 0.15) is 0 Å². The maximum Gasteiger partial charge on any atom is 0.311 e. The molecule has 1 fully saturated rings. The average Bonchev–Trinajstić information content (AvgIpc) is 2.39. The minimum Gasteiger partial charge on any atom is -0.481 e. The summed E-state index contributed by atoms with van der Waals surface area (Å²) in [6.45, 7) is 8.90. The van der Waals surface area contributed by atoms with Crippen LogP contribution in [0.5, 0.6) is 0 Å². The zero-order chi connectivity index (χ0) is 15.4. The molecule has 0 aromatic rings. The SMILES string of the molecule is CCC(CC)(CNC(=O)C1NCCCC1(C)C)C(=O)O. The van der Waals surface area contributed by atoms with Crippen LogP contribution in [0, 0.1) is 10.8 Å². The molecule has 0 aromatic heterocycles. The first kappa shape index (κ1) is 17.0. The van der Waals surface area contributed by atoms with Gasteiger partial charge in [0, 0.05) is 6.54 Å². The first-order valence-electron chi connectivity index (χ1n) is 7.53. The fourth-order valence-electron chi connectivity index (χ4n) is 2.90. The molecule has 1 unspecified atom stereocenters. The Bertz CT molecular complexity index is 362. The number of carboxylic acid groups (broad SMARTS) is 1. The van der Waals surface area contributed by atoms with E-state index in [1.807, 2.05) is 13.8 Å². The van der Waals surface area contributed by atoms with E-state index >= 15 is 0 Å². The molecule has 0 radical (unpaired) electrons. The Labute approximate surface area is 121 Å². The highest BCUT2D eigenvalue weighted by Gasteiger charge is 2.39. The van der Waals surface area contributed by atoms with Crippen molar-refractivity contribution in [2.75, 3.05) is 13.1 Å². The third-order valence-electron chi connectivity index (χ3n) is 4.80. The molecule has 1 rings (SSSR count). The number of nitrogens with one attached hydrogen (secondary N) is 2. The average molecular weight is 284 g/mol. The molecule has 5 nitrogen and oxygen atoms in total. The predicted octanol–water partition coefficient (Wildman–Crippen LogP) is 1.77. The third-order valence-corrected chi connectivity index (χ3v) is 4.80. The van der Waals surface area contributed by atoms with E-state index in [4.69, 9.17) is 0 Å². The number of hydrogen-bond acceptors (Lipinski definition) is 3. The number of aliphatic carboxylic acids is 1. The van der Waals surface area contributed by atoms with Crippen molar-refractivity contribution in [3.05, 3.63) is 0 Å². The van der Waals surface area contributed by atoms with E-state index in [1.54, 1.807) is 0 Å². The first-order valence-corrected chi connectivity index (χ1v) is 7.53. The van der Waals surface area contributed by atoms with Crippen LogP contribution >= 0.6 is 0 Å². The van der Waals surface area contributed by atoms with Crippen molar-refractivity contribution >= 4 is 11.9 Å². The molecule has 0 aliphatic carbocycles. The zero-order valence-corrected chi connectivity index (χ0v) is 13.1. The van der Waals surface area contributed by atoms with E-state index in [1.165, 1.54) is 0 Å². The lowest BCUT2D eigenvalue weighted by Crippen LogP contribution is -2.57. The summed E-state index contributed by atoms with van der Waals surface area (Å²) in [4.78, 5) is 23.8. The lowest BCUT2D eigenvalue weighted by molar-refractivity contribution is -0.149. The van der Waals surface area contributed by atoms with Gasteiger partial charge in [0.15, 0.2) is 0 Å². The van der Waals surface area contributed by atoms with Crippen LogP contribution in [-0.2, 0) is 9.59 Å². The predicted molar refractivity (Wildman–Crippen MR) is 78.5 cm³/mol. The summed E-state index contributed by atoms with van der Waals surface area (Å²) in [5.41, 5.74) is -0.943. The van der Waals surface area contributed by atoms with E-state index in [0.717, 1.165) is 19.4 Å². The molecule has 20 heavy (non-hydrogen) atoms. The molecule has 1 heterocycles. The van der Waals surface area contributed by atoms with Crippen molar-refractivity contribution in [2.45, 2.75) is 59.4 Å². The Morgan fingerprint density at radius 3 is 2.40 bits per heavy atom. The van der Waals surface area contributed by atoms with Crippen LogP contribution in [0.2, 0.25) is 0 Å². The van der Waals surface area contributed by atoms with Gasteiger partial charge in [0.05, 0.1) is 11.5 Å². The van der Waals surface area contributed by atoms with Crippen molar-refractivity contribution in [2.24, 2.45) is 10.8 Å². The number of rotatable bonds is 6. The lowest BCUT2D eigenvalue weighted by atomic mass is 9.76. The van der Waals surface area contributed by atoms with Crippen molar-refractivity contribution in [1.82, 2.24) is 10.6 Å². The molecule has 1 atom stereocenters. The monoisotopic (exact) mass is 284 g/mol. The summed E-state index contributed by atoms with van der Waals surface area (Å²) in [6, 6.07) is -0.239. The van der Waals surface area contributed by atoms with Gasteiger partial charge < -0.3 is 15.7 Å². The van der Waals surface area contributed by atoms with E-state index < -0.39 is 11.4 Å². The van der Waals surface area contributed by atoms with Gasteiger partial charge in [0.25, 0.3) is 0 Å². The fourth-order valence-corrected chi connectivity index (χ4v) is 2.90. The van der Waals surface area contributed by atoms with Crippen LogP contribution < -0.4 is 10.6 Å². The number of hydrogen-bond donors (Lipinski definition) is 3. The van der Waals surface area contributed by atoms with E-state index in [9.17, 15) is 14.7 Å². The summed E-state index contributed by atoms with van der Waals surface area (Å²) < 4.78 is 0. The van der Waals surface area contributed by atoms with Crippen molar-refractivity contribution in [1.29, 1.82) is 0 Å². The molecule has 1 aliphatic heterocycles. The molecule has 0 saturated carbocycles. The minimum absolute atomic E-state index is 0.0813. The van der Waals surface area contributed by atoms with Crippen LogP contribution in [0.4, 0.5) is 0 Å². The molecule has 3 N–H and O–H groups in total. The molecule has 0 spiro atoms. The fraction of sp³-hybridized carbons (Fsp3) is 0.867. The molecule has 1 aliphatic rings. The highest BCUT2D eigenvalue weighted by atomic mass is 16.4. The van der Waals surface area contributed by atoms with Gasteiger partial charge >= 0.3 is 5.97 Å². The number of amides is 1. The van der Waals surface area contributed by atoms with Crippen LogP contribution in [0.3, 0.4) is 0 Å². The summed E-state index contributed by atoms with van der Waals surface area (Å²) >= 11 is 0. The number of piperidine rings is 1. The van der Waals surface area contributed by atoms with Gasteiger partial charge in [0.2, 0.25) is 5.91 Å². The second-order valence-electron chi connectivity index (χ2n) is 6.49. The highest BCUT2D eigenvalue weighted by molar-refractivity contribution is 5.84. The smallest absolute Gasteiger partial charge is 0.311 e. The Hall–Kier alpha value is -1.10. The summed E-state index contributed by atoms with van der Waals surface area (Å²) in [6.07, 6.45) is 3.10. The van der Waals surface area contributed by atoms with E-state index in [2.05, 4.69) is 24.5 Å².